The lowest BCUT2D eigenvalue weighted by molar-refractivity contribution is -0.137. The molecule has 0 aliphatic rings. The van der Waals surface area contributed by atoms with E-state index in [-0.39, 0.29) is 5.97 Å². The smallest absolute Gasteiger partial charge is 0.330 e. The molecule has 0 atom stereocenters. The Kier molecular flexibility index (Phi) is 12.9. The van der Waals surface area contributed by atoms with Gasteiger partial charge in [0.2, 0.25) is 0 Å². The van der Waals surface area contributed by atoms with E-state index in [1.54, 1.807) is 6.08 Å². The van der Waals surface area contributed by atoms with E-state index in [4.69, 9.17) is 4.74 Å². The molecule has 24 heavy (non-hydrogen) atoms. The third-order valence-corrected chi connectivity index (χ3v) is 3.81. The Morgan fingerprint density at radius 1 is 0.750 bits per heavy atom. The van der Waals surface area contributed by atoms with Gasteiger partial charge in [0.25, 0.3) is 0 Å². The summed E-state index contributed by atoms with van der Waals surface area (Å²) in [6.07, 6.45) is 15.0. The zero-order valence-electron chi connectivity index (χ0n) is 16.6. The number of hydrogen-bond donors (Lipinski definition) is 0. The predicted molar refractivity (Wildman–Crippen MR) is 105 cm³/mol. The standard InChI is InChI=1S/C22H36O2/c1-7-24-22(23)17-21(6)16-10-15-20(5)14-9-13-19(4)12-8-11-18(2)3/h11,13,15,17H,7-10,12,14,16H2,1-6H3/b19-13+,20-15+,21-17-. The summed E-state index contributed by atoms with van der Waals surface area (Å²) in [5.41, 5.74) is 5.38. The fraction of sp³-hybridized carbons (Fsp3) is 0.591. The van der Waals surface area contributed by atoms with Gasteiger partial charge in [-0.2, -0.15) is 0 Å². The Bertz CT molecular complexity index is 486. The minimum Gasteiger partial charge on any atom is -0.463 e. The first kappa shape index (κ1) is 22.4. The Morgan fingerprint density at radius 3 is 1.67 bits per heavy atom. The van der Waals surface area contributed by atoms with E-state index in [9.17, 15) is 4.79 Å². The van der Waals surface area contributed by atoms with Crippen molar-refractivity contribution in [3.8, 4) is 0 Å². The summed E-state index contributed by atoms with van der Waals surface area (Å²) in [7, 11) is 0. The highest BCUT2D eigenvalue weighted by atomic mass is 16.5. The minimum atomic E-state index is -0.232. The summed E-state index contributed by atoms with van der Waals surface area (Å²) in [6, 6.07) is 0. The van der Waals surface area contributed by atoms with E-state index in [1.807, 2.05) is 13.8 Å². The number of allylic oxidation sites excluding steroid dienone is 7. The average Bonchev–Trinajstić information content (AvgIpc) is 2.46. The molecule has 0 bridgehead atoms. The Hall–Kier alpha value is -1.57. The maximum absolute atomic E-state index is 11.3. The molecule has 0 amide bonds. The van der Waals surface area contributed by atoms with Gasteiger partial charge in [0, 0.05) is 6.08 Å². The third-order valence-electron chi connectivity index (χ3n) is 3.81. The highest BCUT2D eigenvalue weighted by Gasteiger charge is 1.98. The summed E-state index contributed by atoms with van der Waals surface area (Å²) in [6.45, 7) is 13.0. The quantitative estimate of drug-likeness (QED) is 0.239. The molecule has 0 N–H and O–H groups in total. The Morgan fingerprint density at radius 2 is 1.21 bits per heavy atom. The zero-order chi connectivity index (χ0) is 18.4. The van der Waals surface area contributed by atoms with Gasteiger partial charge < -0.3 is 4.74 Å². The molecule has 0 saturated carbocycles. The van der Waals surface area contributed by atoms with Crippen molar-refractivity contribution in [2.45, 2.75) is 80.1 Å². The molecule has 0 radical (unpaired) electrons. The van der Waals surface area contributed by atoms with Crippen LogP contribution < -0.4 is 0 Å². The number of carbonyl (C=O) groups excluding carboxylic acids is 1. The van der Waals surface area contributed by atoms with Crippen LogP contribution in [-0.4, -0.2) is 12.6 Å². The van der Waals surface area contributed by atoms with Crippen molar-refractivity contribution < 1.29 is 9.53 Å². The molecule has 0 aromatic carbocycles. The van der Waals surface area contributed by atoms with Crippen molar-refractivity contribution in [1.82, 2.24) is 0 Å². The highest BCUT2D eigenvalue weighted by Crippen LogP contribution is 2.13. The van der Waals surface area contributed by atoms with E-state index in [2.05, 4.69) is 45.9 Å². The van der Waals surface area contributed by atoms with Crippen LogP contribution in [0, 0.1) is 0 Å². The van der Waals surface area contributed by atoms with Crippen molar-refractivity contribution in [3.05, 3.63) is 46.6 Å². The molecule has 0 rings (SSSR count). The van der Waals surface area contributed by atoms with Crippen LogP contribution in [0.25, 0.3) is 0 Å². The second-order valence-electron chi connectivity index (χ2n) is 6.74. The zero-order valence-corrected chi connectivity index (χ0v) is 16.6. The monoisotopic (exact) mass is 332 g/mol. The lowest BCUT2D eigenvalue weighted by Gasteiger charge is -2.03. The van der Waals surface area contributed by atoms with Gasteiger partial charge >= 0.3 is 5.97 Å². The van der Waals surface area contributed by atoms with E-state index in [0.717, 1.165) is 44.1 Å². The lowest BCUT2D eigenvalue weighted by atomic mass is 10.0. The molecule has 0 aliphatic heterocycles. The largest absolute Gasteiger partial charge is 0.463 e. The van der Waals surface area contributed by atoms with Crippen molar-refractivity contribution >= 4 is 5.97 Å². The minimum absolute atomic E-state index is 0.232. The molecule has 0 aromatic rings. The first-order valence-electron chi connectivity index (χ1n) is 9.13. The van der Waals surface area contributed by atoms with Gasteiger partial charge in [-0.25, -0.2) is 4.79 Å². The first-order valence-corrected chi connectivity index (χ1v) is 9.13. The predicted octanol–water partition coefficient (Wildman–Crippen LogP) is 6.70. The van der Waals surface area contributed by atoms with Crippen molar-refractivity contribution in [2.75, 3.05) is 6.61 Å². The molecule has 0 saturated heterocycles. The van der Waals surface area contributed by atoms with Gasteiger partial charge in [0.1, 0.15) is 0 Å². The van der Waals surface area contributed by atoms with Crippen molar-refractivity contribution in [3.63, 3.8) is 0 Å². The van der Waals surface area contributed by atoms with Gasteiger partial charge in [-0.15, -0.1) is 0 Å². The number of rotatable bonds is 11. The number of ether oxygens (including phenoxy) is 1. The van der Waals surface area contributed by atoms with Crippen LogP contribution in [0.4, 0.5) is 0 Å². The Labute approximate surface area is 149 Å². The van der Waals surface area contributed by atoms with Crippen LogP contribution in [-0.2, 0) is 9.53 Å². The number of carbonyl (C=O) groups is 1. The van der Waals surface area contributed by atoms with Crippen LogP contribution in [0.5, 0.6) is 0 Å². The summed E-state index contributed by atoms with van der Waals surface area (Å²) < 4.78 is 4.92. The van der Waals surface area contributed by atoms with Gasteiger partial charge in [-0.3, -0.25) is 0 Å². The number of hydrogen-bond acceptors (Lipinski definition) is 2. The van der Waals surface area contributed by atoms with Gasteiger partial charge in [0.15, 0.2) is 0 Å². The molecule has 0 fully saturated rings. The molecule has 0 aliphatic carbocycles. The van der Waals surface area contributed by atoms with Crippen molar-refractivity contribution in [1.29, 1.82) is 0 Å². The molecule has 0 aromatic heterocycles. The van der Waals surface area contributed by atoms with E-state index in [1.165, 1.54) is 16.7 Å². The fourth-order valence-electron chi connectivity index (χ4n) is 2.34. The second-order valence-corrected chi connectivity index (χ2v) is 6.74. The summed E-state index contributed by atoms with van der Waals surface area (Å²) in [5, 5.41) is 0. The topological polar surface area (TPSA) is 26.3 Å². The van der Waals surface area contributed by atoms with E-state index >= 15 is 0 Å². The summed E-state index contributed by atoms with van der Waals surface area (Å²) >= 11 is 0. The molecular formula is C22H36O2. The second kappa shape index (κ2) is 13.8. The molecule has 136 valence electrons. The SMILES string of the molecule is CCOC(=O)/C=C(/C)CC/C=C(\C)CC/C=C(\C)CCC=C(C)C. The number of esters is 1. The van der Waals surface area contributed by atoms with Crippen LogP contribution in [0.2, 0.25) is 0 Å². The Balaban J connectivity index is 4.06. The molecule has 0 unspecified atom stereocenters. The van der Waals surface area contributed by atoms with Crippen LogP contribution in [0.1, 0.15) is 80.1 Å². The summed E-state index contributed by atoms with van der Waals surface area (Å²) in [5.74, 6) is -0.232. The van der Waals surface area contributed by atoms with Gasteiger partial charge in [-0.1, -0.05) is 40.5 Å². The third kappa shape index (κ3) is 14.0. The molecular weight excluding hydrogens is 296 g/mol. The molecule has 2 nitrogen and oxygen atoms in total. The summed E-state index contributed by atoms with van der Waals surface area (Å²) in [4.78, 5) is 11.3. The van der Waals surface area contributed by atoms with Crippen molar-refractivity contribution in [2.24, 2.45) is 0 Å². The highest BCUT2D eigenvalue weighted by molar-refractivity contribution is 5.82. The molecule has 2 heteroatoms. The van der Waals surface area contributed by atoms with Crippen LogP contribution >= 0.6 is 0 Å². The molecule has 0 heterocycles. The average molecular weight is 333 g/mol. The maximum atomic E-state index is 11.3. The maximum Gasteiger partial charge on any atom is 0.330 e. The van der Waals surface area contributed by atoms with E-state index < -0.39 is 0 Å². The van der Waals surface area contributed by atoms with Gasteiger partial charge in [0.05, 0.1) is 6.61 Å². The molecule has 0 spiro atoms. The van der Waals surface area contributed by atoms with Crippen LogP contribution in [0.15, 0.2) is 46.6 Å². The van der Waals surface area contributed by atoms with Gasteiger partial charge in [-0.05, 0) is 80.1 Å². The first-order chi connectivity index (χ1) is 11.3. The normalized spacial score (nSPS) is 13.0. The lowest BCUT2D eigenvalue weighted by Crippen LogP contribution is -2.00. The van der Waals surface area contributed by atoms with E-state index in [0.29, 0.717) is 6.61 Å². The fourth-order valence-corrected chi connectivity index (χ4v) is 2.34. The van der Waals surface area contributed by atoms with Crippen LogP contribution in [0.3, 0.4) is 0 Å².